The normalized spacial score (nSPS) is 18.3. The van der Waals surface area contributed by atoms with Crippen LogP contribution in [0.15, 0.2) is 71.6 Å². The predicted octanol–water partition coefficient (Wildman–Crippen LogP) is 5.90. The van der Waals surface area contributed by atoms with E-state index in [0.717, 1.165) is 59.8 Å². The smallest absolute Gasteiger partial charge is 0.308 e. The zero-order valence-electron chi connectivity index (χ0n) is 31.9. The maximum Gasteiger partial charge on any atom is 0.308 e. The number of hydrogen-bond donors (Lipinski definition) is 4. The van der Waals surface area contributed by atoms with Gasteiger partial charge in [0, 0.05) is 37.2 Å². The Morgan fingerprint density at radius 3 is 2.37 bits per heavy atom. The molecule has 1 saturated heterocycles. The first-order chi connectivity index (χ1) is 26.2. The molecule has 1 aliphatic heterocycles. The Hall–Kier alpha value is -3.48. The van der Waals surface area contributed by atoms with Gasteiger partial charge in [-0.1, -0.05) is 94.3 Å². The summed E-state index contributed by atoms with van der Waals surface area (Å²) in [5.41, 5.74) is 1.05. The molecule has 5 rings (SSSR count). The number of β-amino-alcohol motifs (C(OH)–C–C–N with tert-alkyl or cyclic N) is 1. The fraction of sp³-hybridized carbons (Fsp3) is 0.558. The van der Waals surface area contributed by atoms with Crippen molar-refractivity contribution < 1.29 is 34.1 Å². The summed E-state index contributed by atoms with van der Waals surface area (Å²) in [5, 5.41) is 31.3. The van der Waals surface area contributed by atoms with Gasteiger partial charge in [-0.15, -0.1) is 11.8 Å². The molecule has 1 heterocycles. The summed E-state index contributed by atoms with van der Waals surface area (Å²) in [6, 6.07) is 20.1. The molecule has 0 radical (unpaired) electrons. The third-order valence-corrected chi connectivity index (χ3v) is 11.9. The number of benzene rings is 3. The Labute approximate surface area is 324 Å². The number of thioether (sulfide) groups is 1. The number of unbranched alkanes of at least 4 members (excludes halogenated alkanes) is 1. The van der Waals surface area contributed by atoms with Gasteiger partial charge in [-0.25, -0.2) is 0 Å². The van der Waals surface area contributed by atoms with Gasteiger partial charge < -0.3 is 30.3 Å². The van der Waals surface area contributed by atoms with E-state index in [4.69, 9.17) is 9.47 Å². The lowest BCUT2D eigenvalue weighted by Gasteiger charge is -2.35. The van der Waals surface area contributed by atoms with Crippen molar-refractivity contribution in [3.8, 4) is 5.75 Å². The van der Waals surface area contributed by atoms with Crippen LogP contribution in [-0.2, 0) is 25.5 Å². The summed E-state index contributed by atoms with van der Waals surface area (Å²) in [5.74, 6) is -0.119. The highest BCUT2D eigenvalue weighted by atomic mass is 32.2. The number of rotatable bonds is 19. The van der Waals surface area contributed by atoms with Crippen LogP contribution in [0.3, 0.4) is 0 Å². The molecule has 3 aromatic carbocycles. The molecule has 0 spiro atoms. The number of esters is 1. The minimum absolute atomic E-state index is 0.208. The minimum Gasteiger partial charge on any atom is -0.427 e. The highest BCUT2D eigenvalue weighted by Crippen LogP contribution is 2.30. The monoisotopic (exact) mass is 761 g/mol. The number of morpholine rings is 1. The highest BCUT2D eigenvalue weighted by Gasteiger charge is 2.34. The molecule has 4 N–H and O–H groups in total. The second-order valence-corrected chi connectivity index (χ2v) is 16.0. The van der Waals surface area contributed by atoms with Gasteiger partial charge in [-0.05, 0) is 65.8 Å². The lowest BCUT2D eigenvalue weighted by molar-refractivity contribution is -0.132. The largest absolute Gasteiger partial charge is 0.427 e. The standard InChI is InChI=1S/C43H59N3O7S/c1-3-4-17-38(43(51)45-39(26-31-11-6-5-7-12-31)41(49)40(48)28-46-22-24-52-25-23-46)44-42(50)34(27-33-15-10-14-32-13-8-9-16-37(32)33)29-54-36-20-18-35(19-21-36)53-30(2)47/h8-10,13-16,18-21,31,34,38-41,48-49H,3-7,11-12,17,22-29H2,1-2H3,(H,44,50)(H,45,51)/t34-,38+,39+,40+,41-/m1/s1. The summed E-state index contributed by atoms with van der Waals surface area (Å²) in [6.45, 7) is 6.28. The molecule has 3 aromatic rings. The van der Waals surface area contributed by atoms with E-state index < -0.39 is 30.2 Å². The number of fused-ring (bicyclic) bond motifs is 1. The molecule has 5 atom stereocenters. The summed E-state index contributed by atoms with van der Waals surface area (Å²) >= 11 is 1.54. The molecule has 54 heavy (non-hydrogen) atoms. The van der Waals surface area contributed by atoms with E-state index in [-0.39, 0.29) is 17.8 Å². The molecule has 10 nitrogen and oxygen atoms in total. The van der Waals surface area contributed by atoms with Crippen LogP contribution in [0.2, 0.25) is 0 Å². The first kappa shape index (κ1) is 41.7. The minimum atomic E-state index is -1.15. The fourth-order valence-corrected chi connectivity index (χ4v) is 8.66. The molecule has 294 valence electrons. The summed E-state index contributed by atoms with van der Waals surface area (Å²) in [7, 11) is 0. The van der Waals surface area contributed by atoms with Crippen LogP contribution in [0.4, 0.5) is 0 Å². The summed E-state index contributed by atoms with van der Waals surface area (Å²) in [4.78, 5) is 43.0. The molecule has 2 fully saturated rings. The average molecular weight is 762 g/mol. The van der Waals surface area contributed by atoms with Gasteiger partial charge in [0.2, 0.25) is 11.8 Å². The Morgan fingerprint density at radius 2 is 1.65 bits per heavy atom. The van der Waals surface area contributed by atoms with Gasteiger partial charge in [0.15, 0.2) is 0 Å². The Bertz CT molecular complexity index is 1620. The molecule has 2 amide bonds. The number of nitrogens with zero attached hydrogens (tertiary/aromatic N) is 1. The number of aliphatic hydroxyl groups excluding tert-OH is 2. The van der Waals surface area contributed by atoms with Crippen molar-refractivity contribution in [3.05, 3.63) is 72.3 Å². The Morgan fingerprint density at radius 1 is 0.926 bits per heavy atom. The Kier molecular flexibility index (Phi) is 16.6. The molecule has 1 saturated carbocycles. The third-order valence-electron chi connectivity index (χ3n) is 10.7. The van der Waals surface area contributed by atoms with Gasteiger partial charge in [0.25, 0.3) is 0 Å². The van der Waals surface area contributed by atoms with Crippen molar-refractivity contribution in [2.24, 2.45) is 11.8 Å². The SMILES string of the molecule is CCCC[C@H](NC(=O)[C@@H](CSc1ccc(OC(C)=O)cc1)Cc1cccc2ccccc12)C(=O)N[C@@H](CC1CCCCC1)[C@@H](O)[C@@H](O)CN1CCOCC1. The first-order valence-corrected chi connectivity index (χ1v) is 20.8. The van der Waals surface area contributed by atoms with Gasteiger partial charge in [0.1, 0.15) is 17.9 Å². The topological polar surface area (TPSA) is 137 Å². The summed E-state index contributed by atoms with van der Waals surface area (Å²) in [6.07, 6.45) is 6.44. The number of aliphatic hydroxyl groups is 2. The average Bonchev–Trinajstić information content (AvgIpc) is 3.18. The Balaban J connectivity index is 1.33. The van der Waals surface area contributed by atoms with Crippen molar-refractivity contribution in [1.82, 2.24) is 15.5 Å². The van der Waals surface area contributed by atoms with E-state index in [2.05, 4.69) is 46.7 Å². The molecule has 11 heteroatoms. The van der Waals surface area contributed by atoms with Gasteiger partial charge in [-0.3, -0.25) is 19.3 Å². The van der Waals surface area contributed by atoms with Crippen molar-refractivity contribution in [2.75, 3.05) is 38.6 Å². The van der Waals surface area contributed by atoms with E-state index in [1.54, 1.807) is 12.1 Å². The maximum atomic E-state index is 14.4. The number of hydrogen-bond acceptors (Lipinski definition) is 9. The van der Waals surface area contributed by atoms with Gasteiger partial charge in [-0.2, -0.15) is 0 Å². The second kappa shape index (κ2) is 21.6. The lowest BCUT2D eigenvalue weighted by atomic mass is 9.83. The lowest BCUT2D eigenvalue weighted by Crippen LogP contribution is -2.57. The number of ether oxygens (including phenoxy) is 2. The zero-order chi connectivity index (χ0) is 38.3. The highest BCUT2D eigenvalue weighted by molar-refractivity contribution is 7.99. The van der Waals surface area contributed by atoms with Crippen molar-refractivity contribution in [3.63, 3.8) is 0 Å². The van der Waals surface area contributed by atoms with E-state index in [9.17, 15) is 24.6 Å². The molecule has 0 bridgehead atoms. The predicted molar refractivity (Wildman–Crippen MR) is 213 cm³/mol. The zero-order valence-corrected chi connectivity index (χ0v) is 32.7. The number of nitrogens with one attached hydrogen (secondary N) is 2. The van der Waals surface area contributed by atoms with Crippen LogP contribution in [0.1, 0.15) is 77.2 Å². The number of amides is 2. The molecule has 2 aliphatic rings. The van der Waals surface area contributed by atoms with Gasteiger partial charge in [0.05, 0.1) is 31.3 Å². The summed E-state index contributed by atoms with van der Waals surface area (Å²) < 4.78 is 10.7. The maximum absolute atomic E-state index is 14.4. The fourth-order valence-electron chi connectivity index (χ4n) is 7.67. The molecule has 0 aromatic heterocycles. The van der Waals surface area contributed by atoms with E-state index in [0.29, 0.717) is 69.5 Å². The second-order valence-electron chi connectivity index (χ2n) is 14.9. The third kappa shape index (κ3) is 12.8. The van der Waals surface area contributed by atoms with E-state index in [1.165, 1.54) is 25.1 Å². The molecular formula is C43H59N3O7S. The van der Waals surface area contributed by atoms with Crippen LogP contribution in [0.25, 0.3) is 10.8 Å². The van der Waals surface area contributed by atoms with Crippen LogP contribution < -0.4 is 15.4 Å². The van der Waals surface area contributed by atoms with Crippen LogP contribution in [-0.4, -0.2) is 95.8 Å². The van der Waals surface area contributed by atoms with Crippen molar-refractivity contribution >= 4 is 40.3 Å². The molecule has 0 unspecified atom stereocenters. The van der Waals surface area contributed by atoms with Crippen molar-refractivity contribution in [2.45, 2.75) is 107 Å². The van der Waals surface area contributed by atoms with Crippen LogP contribution in [0, 0.1) is 11.8 Å². The number of carbonyl (C=O) groups excluding carboxylic acids is 3. The van der Waals surface area contributed by atoms with E-state index in [1.807, 2.05) is 30.3 Å². The van der Waals surface area contributed by atoms with Crippen LogP contribution >= 0.6 is 11.8 Å². The molecule has 1 aliphatic carbocycles. The molecular weight excluding hydrogens is 703 g/mol. The quantitative estimate of drug-likeness (QED) is 0.0669. The van der Waals surface area contributed by atoms with Crippen molar-refractivity contribution in [1.29, 1.82) is 0 Å². The number of carbonyl (C=O) groups is 3. The van der Waals surface area contributed by atoms with Crippen LogP contribution in [0.5, 0.6) is 5.75 Å². The first-order valence-electron chi connectivity index (χ1n) is 19.8. The van der Waals surface area contributed by atoms with E-state index >= 15 is 0 Å². The van der Waals surface area contributed by atoms with Gasteiger partial charge >= 0.3 is 5.97 Å².